The molecule has 0 bridgehead atoms. The van der Waals surface area contributed by atoms with Crippen LogP contribution in [-0.2, 0) is 30.3 Å². The third kappa shape index (κ3) is 10.3. The second-order valence-corrected chi connectivity index (χ2v) is 14.0. The van der Waals surface area contributed by atoms with Crippen LogP contribution >= 0.6 is 0 Å². The van der Waals surface area contributed by atoms with Crippen LogP contribution < -0.4 is 19.5 Å². The Balaban J connectivity index is 1.52. The highest BCUT2D eigenvalue weighted by atomic mass is 16.5. The molecule has 2 aromatic carbocycles. The molecule has 0 aromatic heterocycles. The summed E-state index contributed by atoms with van der Waals surface area (Å²) in [7, 11) is 3.15. The summed E-state index contributed by atoms with van der Waals surface area (Å²) in [5.74, 6) is -1.38. The van der Waals surface area contributed by atoms with Crippen molar-refractivity contribution in [1.29, 1.82) is 0 Å². The van der Waals surface area contributed by atoms with Crippen molar-refractivity contribution in [3.8, 4) is 17.2 Å². The fourth-order valence-corrected chi connectivity index (χ4v) is 6.69. The first-order valence-electron chi connectivity index (χ1n) is 17.7. The minimum atomic E-state index is -0.790. The number of Topliss-reactive ketones (excluding diaryl/α,β-unsaturated/α-hetero) is 2. The molecular formula is C39H53NO9. The first-order chi connectivity index (χ1) is 23.4. The Morgan fingerprint density at radius 1 is 0.898 bits per heavy atom. The molecular weight excluding hydrogens is 626 g/mol. The number of aliphatic hydroxyl groups is 1. The van der Waals surface area contributed by atoms with Gasteiger partial charge in [-0.15, -0.1) is 0 Å². The molecule has 2 aliphatic rings. The van der Waals surface area contributed by atoms with Crippen LogP contribution in [-0.4, -0.2) is 61.5 Å². The van der Waals surface area contributed by atoms with Gasteiger partial charge in [-0.1, -0.05) is 51.8 Å². The molecule has 0 spiro atoms. The van der Waals surface area contributed by atoms with Gasteiger partial charge in [0.2, 0.25) is 11.6 Å². The van der Waals surface area contributed by atoms with E-state index in [0.717, 1.165) is 31.2 Å². The largest absolute Gasteiger partial charge is 0.493 e. The molecule has 1 unspecified atom stereocenters. The number of methoxy groups -OCH3 is 2. The number of amides is 1. The molecule has 4 rings (SSSR count). The van der Waals surface area contributed by atoms with Gasteiger partial charge in [0.15, 0.2) is 18.1 Å². The van der Waals surface area contributed by atoms with Gasteiger partial charge in [0.1, 0.15) is 11.9 Å². The summed E-state index contributed by atoms with van der Waals surface area (Å²) >= 11 is 0. The Morgan fingerprint density at radius 3 is 2.27 bits per heavy atom. The van der Waals surface area contributed by atoms with Gasteiger partial charge in [-0.05, 0) is 93.2 Å². The molecule has 2 N–H and O–H groups in total. The first kappa shape index (κ1) is 37.9. The van der Waals surface area contributed by atoms with E-state index in [1.54, 1.807) is 46.3 Å². The lowest BCUT2D eigenvalue weighted by Gasteiger charge is -2.32. The van der Waals surface area contributed by atoms with E-state index >= 15 is 0 Å². The molecule has 0 radical (unpaired) electrons. The zero-order valence-corrected chi connectivity index (χ0v) is 29.6. The summed E-state index contributed by atoms with van der Waals surface area (Å²) in [5, 5.41) is 12.7. The van der Waals surface area contributed by atoms with Gasteiger partial charge >= 0.3 is 5.97 Å². The van der Waals surface area contributed by atoms with Crippen LogP contribution in [0.5, 0.6) is 17.2 Å². The normalized spacial score (nSPS) is 21.6. The van der Waals surface area contributed by atoms with Gasteiger partial charge in [-0.25, -0.2) is 0 Å². The minimum Gasteiger partial charge on any atom is -0.493 e. The average Bonchev–Trinajstić information content (AvgIpc) is 3.12. The predicted molar refractivity (Wildman–Crippen MR) is 185 cm³/mol. The smallest absolute Gasteiger partial charge is 0.310 e. The van der Waals surface area contributed by atoms with Gasteiger partial charge in [-0.2, -0.15) is 0 Å². The lowest BCUT2D eigenvalue weighted by molar-refractivity contribution is -0.161. The SMILES string of the molecule is CCC(C)(C)C(=O)C(=O)C1CCCC[C@H]1C(=O)O[C@H](CCc1ccc(OC)c(OC)c1)c1cccc(OCC(=O)NC2CCC(O)CC2)c1. The third-order valence-corrected chi connectivity index (χ3v) is 10.2. The highest BCUT2D eigenvalue weighted by Gasteiger charge is 2.43. The Kier molecular flexibility index (Phi) is 13.6. The molecule has 268 valence electrons. The van der Waals surface area contributed by atoms with Crippen LogP contribution in [0.1, 0.15) is 102 Å². The van der Waals surface area contributed by atoms with Gasteiger partial charge < -0.3 is 29.4 Å². The molecule has 3 atom stereocenters. The Labute approximate surface area is 290 Å². The van der Waals surface area contributed by atoms with Crippen molar-refractivity contribution in [3.63, 3.8) is 0 Å². The van der Waals surface area contributed by atoms with Crippen LogP contribution in [0, 0.1) is 17.3 Å². The molecule has 2 aromatic rings. The second kappa shape index (κ2) is 17.7. The number of ether oxygens (including phenoxy) is 4. The monoisotopic (exact) mass is 679 g/mol. The quantitative estimate of drug-likeness (QED) is 0.159. The molecule has 0 aliphatic heterocycles. The summed E-state index contributed by atoms with van der Waals surface area (Å²) in [4.78, 5) is 53.2. The zero-order valence-electron chi connectivity index (χ0n) is 29.6. The summed E-state index contributed by atoms with van der Waals surface area (Å²) in [6.45, 7) is 5.25. The summed E-state index contributed by atoms with van der Waals surface area (Å²) in [6.07, 6.45) is 5.81. The summed E-state index contributed by atoms with van der Waals surface area (Å²) in [5.41, 5.74) is 0.854. The molecule has 49 heavy (non-hydrogen) atoms. The number of benzene rings is 2. The topological polar surface area (TPSA) is 137 Å². The molecule has 0 saturated heterocycles. The van der Waals surface area contributed by atoms with Crippen LogP contribution in [0.2, 0.25) is 0 Å². The van der Waals surface area contributed by atoms with E-state index in [2.05, 4.69) is 5.32 Å². The predicted octanol–water partition coefficient (Wildman–Crippen LogP) is 6.10. The van der Waals surface area contributed by atoms with Crippen molar-refractivity contribution in [2.24, 2.45) is 17.3 Å². The van der Waals surface area contributed by atoms with Gasteiger partial charge in [0.05, 0.1) is 26.2 Å². The van der Waals surface area contributed by atoms with E-state index in [9.17, 15) is 24.3 Å². The highest BCUT2D eigenvalue weighted by molar-refractivity contribution is 6.40. The molecule has 10 nitrogen and oxygen atoms in total. The molecule has 2 fully saturated rings. The summed E-state index contributed by atoms with van der Waals surface area (Å²) in [6, 6.07) is 12.8. The lowest BCUT2D eigenvalue weighted by atomic mass is 9.72. The lowest BCUT2D eigenvalue weighted by Crippen LogP contribution is -2.42. The first-order valence-corrected chi connectivity index (χ1v) is 17.7. The van der Waals surface area contributed by atoms with Crippen molar-refractivity contribution in [2.75, 3.05) is 20.8 Å². The molecule has 1 amide bonds. The van der Waals surface area contributed by atoms with Crippen molar-refractivity contribution in [3.05, 3.63) is 53.6 Å². The number of carbonyl (C=O) groups is 4. The molecule has 0 heterocycles. The number of carbonyl (C=O) groups excluding carboxylic acids is 4. The van der Waals surface area contributed by atoms with E-state index in [1.165, 1.54) is 0 Å². The number of aryl methyl sites for hydroxylation is 1. The number of esters is 1. The number of ketones is 2. The van der Waals surface area contributed by atoms with Crippen molar-refractivity contribution < 1.29 is 43.2 Å². The second-order valence-electron chi connectivity index (χ2n) is 14.0. The average molecular weight is 680 g/mol. The van der Waals surface area contributed by atoms with E-state index in [4.69, 9.17) is 18.9 Å². The van der Waals surface area contributed by atoms with Crippen molar-refractivity contribution in [2.45, 2.75) is 110 Å². The molecule has 2 saturated carbocycles. The highest BCUT2D eigenvalue weighted by Crippen LogP contribution is 2.37. The third-order valence-electron chi connectivity index (χ3n) is 10.2. The fourth-order valence-electron chi connectivity index (χ4n) is 6.69. The Bertz CT molecular complexity index is 1450. The van der Waals surface area contributed by atoms with Crippen molar-refractivity contribution in [1.82, 2.24) is 5.32 Å². The van der Waals surface area contributed by atoms with Crippen LogP contribution in [0.25, 0.3) is 0 Å². The molecule has 2 aliphatic carbocycles. The molecule has 10 heteroatoms. The standard InChI is InChI=1S/C39H53NO9/c1-6-39(2,3)37(44)36(43)30-12-7-8-13-31(30)38(45)49-32(20-14-25-15-21-33(46-4)34(22-25)47-5)26-10-9-11-29(23-26)48-24-35(42)40-27-16-18-28(41)19-17-27/h9-11,15,21-23,27-28,30-32,41H,6-8,12-14,16-20,24H2,1-5H3,(H,40,42)/t27?,28?,30?,31-,32-/m1/s1. The number of hydrogen-bond donors (Lipinski definition) is 2. The van der Waals surface area contributed by atoms with Crippen LogP contribution in [0.3, 0.4) is 0 Å². The maximum atomic E-state index is 13.9. The maximum absolute atomic E-state index is 13.9. The van der Waals surface area contributed by atoms with Crippen LogP contribution in [0.4, 0.5) is 0 Å². The maximum Gasteiger partial charge on any atom is 0.310 e. The van der Waals surface area contributed by atoms with E-state index in [-0.39, 0.29) is 24.7 Å². The minimum absolute atomic E-state index is 0.0186. The Morgan fingerprint density at radius 2 is 1.59 bits per heavy atom. The fraction of sp³-hybridized carbons (Fsp3) is 0.590. The van der Waals surface area contributed by atoms with E-state index in [0.29, 0.717) is 67.8 Å². The number of hydrogen-bond acceptors (Lipinski definition) is 9. The van der Waals surface area contributed by atoms with E-state index in [1.807, 2.05) is 31.2 Å². The summed E-state index contributed by atoms with van der Waals surface area (Å²) < 4.78 is 23.0. The number of rotatable bonds is 16. The van der Waals surface area contributed by atoms with E-state index < -0.39 is 40.9 Å². The Hall–Kier alpha value is -3.92. The van der Waals surface area contributed by atoms with Gasteiger partial charge in [0, 0.05) is 17.4 Å². The van der Waals surface area contributed by atoms with Crippen LogP contribution in [0.15, 0.2) is 42.5 Å². The number of nitrogens with one attached hydrogen (secondary N) is 1. The van der Waals surface area contributed by atoms with Crippen molar-refractivity contribution >= 4 is 23.4 Å². The number of aliphatic hydroxyl groups excluding tert-OH is 1. The van der Waals surface area contributed by atoms with Gasteiger partial charge in [-0.3, -0.25) is 19.2 Å². The zero-order chi connectivity index (χ0) is 35.6. The van der Waals surface area contributed by atoms with Gasteiger partial charge in [0.25, 0.3) is 5.91 Å².